The topological polar surface area (TPSA) is 102 Å². The zero-order chi connectivity index (χ0) is 29.6. The molecule has 9 heteroatoms. The van der Waals surface area contributed by atoms with Gasteiger partial charge in [-0.15, -0.1) is 0 Å². The van der Waals surface area contributed by atoms with Crippen LogP contribution in [0.15, 0.2) is 111 Å². The molecule has 5 rings (SSSR count). The number of benzene rings is 4. The highest BCUT2D eigenvalue weighted by Gasteiger charge is 2.19. The Morgan fingerprint density at radius 2 is 1.55 bits per heavy atom. The number of anilines is 1. The molecular weight excluding hydrogens is 596 g/mol. The maximum absolute atomic E-state index is 13.8. The first-order valence-electron chi connectivity index (χ1n) is 13.6. The van der Waals surface area contributed by atoms with Crippen molar-refractivity contribution in [1.82, 2.24) is 14.5 Å². The van der Waals surface area contributed by atoms with Gasteiger partial charge in [0, 0.05) is 22.3 Å². The van der Waals surface area contributed by atoms with Crippen LogP contribution in [0.4, 0.5) is 5.69 Å². The van der Waals surface area contributed by atoms with E-state index in [1.807, 2.05) is 49.4 Å². The average molecular weight is 626 g/mol. The molecule has 212 valence electrons. The molecule has 42 heavy (non-hydrogen) atoms. The number of aromatic nitrogens is 2. The summed E-state index contributed by atoms with van der Waals surface area (Å²) in [5.41, 5.74) is 2.38. The zero-order valence-electron chi connectivity index (χ0n) is 23.0. The van der Waals surface area contributed by atoms with Crippen molar-refractivity contribution in [2.45, 2.75) is 26.3 Å². The third-order valence-electron chi connectivity index (χ3n) is 6.98. The summed E-state index contributed by atoms with van der Waals surface area (Å²) in [7, 11) is 0. The third kappa shape index (κ3) is 6.42. The lowest BCUT2D eigenvalue weighted by Crippen LogP contribution is -2.41. The number of hydrogen-bond acceptors (Lipinski definition) is 4. The fourth-order valence-electron chi connectivity index (χ4n) is 4.71. The van der Waals surface area contributed by atoms with Crippen LogP contribution in [0.1, 0.15) is 28.4 Å². The molecule has 0 aliphatic rings. The van der Waals surface area contributed by atoms with E-state index in [0.29, 0.717) is 24.3 Å². The number of amides is 2. The fourth-order valence-corrected chi connectivity index (χ4v) is 4.98. The maximum Gasteiger partial charge on any atom is 0.336 e. The Morgan fingerprint density at radius 1 is 0.833 bits per heavy atom. The van der Waals surface area contributed by atoms with Gasteiger partial charge in [0.05, 0.1) is 16.6 Å². The van der Waals surface area contributed by atoms with Crippen molar-refractivity contribution < 1.29 is 9.59 Å². The van der Waals surface area contributed by atoms with E-state index in [1.54, 1.807) is 42.5 Å². The first kappa shape index (κ1) is 28.8. The average Bonchev–Trinajstić information content (AvgIpc) is 3.01. The molecule has 2 amide bonds. The molecular formula is C33H29BrN4O4. The van der Waals surface area contributed by atoms with Crippen LogP contribution in [-0.2, 0) is 24.2 Å². The fraction of sp³-hybridized carbons (Fsp3) is 0.152. The maximum atomic E-state index is 13.8. The second-order valence-electron chi connectivity index (χ2n) is 9.81. The molecule has 0 fully saturated rings. The van der Waals surface area contributed by atoms with Gasteiger partial charge in [-0.1, -0.05) is 65.3 Å². The number of carbonyl (C=O) groups is 2. The second-order valence-corrected chi connectivity index (χ2v) is 10.7. The summed E-state index contributed by atoms with van der Waals surface area (Å²) < 4.78 is 3.16. The van der Waals surface area contributed by atoms with E-state index in [2.05, 4.69) is 26.6 Å². The summed E-state index contributed by atoms with van der Waals surface area (Å²) in [6.45, 7) is 2.07. The van der Waals surface area contributed by atoms with Crippen molar-refractivity contribution in [1.29, 1.82) is 0 Å². The molecule has 0 bridgehead atoms. The number of nitrogens with one attached hydrogen (secondary N) is 2. The normalized spacial score (nSPS) is 10.9. The number of hydrogen-bond donors (Lipinski definition) is 2. The van der Waals surface area contributed by atoms with Crippen molar-refractivity contribution in [2.75, 3.05) is 11.9 Å². The van der Waals surface area contributed by atoms with Crippen molar-refractivity contribution in [3.8, 4) is 5.69 Å². The number of halogens is 1. The molecule has 0 aliphatic heterocycles. The van der Waals surface area contributed by atoms with Crippen LogP contribution in [0.25, 0.3) is 16.6 Å². The minimum atomic E-state index is -0.677. The summed E-state index contributed by atoms with van der Waals surface area (Å²) >= 11 is 3.37. The highest BCUT2D eigenvalue weighted by atomic mass is 79.9. The van der Waals surface area contributed by atoms with Gasteiger partial charge in [-0.3, -0.25) is 19.0 Å². The van der Waals surface area contributed by atoms with Crippen molar-refractivity contribution >= 4 is 44.3 Å². The lowest BCUT2D eigenvalue weighted by Gasteiger charge is -2.15. The van der Waals surface area contributed by atoms with Gasteiger partial charge in [0.25, 0.3) is 11.5 Å². The van der Waals surface area contributed by atoms with E-state index in [-0.39, 0.29) is 28.9 Å². The van der Waals surface area contributed by atoms with Gasteiger partial charge >= 0.3 is 5.69 Å². The van der Waals surface area contributed by atoms with Crippen LogP contribution < -0.4 is 21.9 Å². The molecule has 2 N–H and O–H groups in total. The van der Waals surface area contributed by atoms with Gasteiger partial charge in [0.1, 0.15) is 6.54 Å². The molecule has 0 saturated heterocycles. The predicted octanol–water partition coefficient (Wildman–Crippen LogP) is 5.09. The largest absolute Gasteiger partial charge is 0.352 e. The molecule has 1 heterocycles. The molecule has 1 aromatic heterocycles. The van der Waals surface area contributed by atoms with Crippen molar-refractivity contribution in [3.63, 3.8) is 0 Å². The molecule has 4 aromatic carbocycles. The van der Waals surface area contributed by atoms with Gasteiger partial charge in [0.2, 0.25) is 5.91 Å². The van der Waals surface area contributed by atoms with Crippen LogP contribution in [0.3, 0.4) is 0 Å². The quantitative estimate of drug-likeness (QED) is 0.238. The van der Waals surface area contributed by atoms with Crippen LogP contribution in [-0.4, -0.2) is 27.5 Å². The molecule has 0 unspecified atom stereocenters. The summed E-state index contributed by atoms with van der Waals surface area (Å²) in [5, 5.41) is 5.90. The lowest BCUT2D eigenvalue weighted by molar-refractivity contribution is -0.116. The lowest BCUT2D eigenvalue weighted by atomic mass is 10.1. The SMILES string of the molecule is CCc1ccc(-n2c(=O)c3ccc(C(=O)NCCc4ccccc4)cc3n(CC(=O)Nc3ccc(Br)cc3)c2=O)cc1. The minimum Gasteiger partial charge on any atom is -0.352 e. The van der Waals surface area contributed by atoms with Crippen LogP contribution in [0.2, 0.25) is 0 Å². The van der Waals surface area contributed by atoms with Crippen molar-refractivity contribution in [3.05, 3.63) is 139 Å². The van der Waals surface area contributed by atoms with E-state index in [1.165, 1.54) is 16.7 Å². The molecule has 0 spiro atoms. The Balaban J connectivity index is 1.52. The van der Waals surface area contributed by atoms with Gasteiger partial charge in [-0.25, -0.2) is 9.36 Å². The Labute approximate surface area is 250 Å². The van der Waals surface area contributed by atoms with Crippen molar-refractivity contribution in [2.24, 2.45) is 0 Å². The first-order chi connectivity index (χ1) is 20.3. The molecule has 0 saturated carbocycles. The van der Waals surface area contributed by atoms with E-state index in [4.69, 9.17) is 0 Å². The Kier molecular flexibility index (Phi) is 8.78. The number of aryl methyl sites for hydroxylation is 1. The second kappa shape index (κ2) is 12.8. The third-order valence-corrected chi connectivity index (χ3v) is 7.51. The summed E-state index contributed by atoms with van der Waals surface area (Å²) in [4.78, 5) is 53.6. The monoisotopic (exact) mass is 624 g/mol. The van der Waals surface area contributed by atoms with E-state index in [9.17, 15) is 19.2 Å². The van der Waals surface area contributed by atoms with Gasteiger partial charge in [-0.2, -0.15) is 0 Å². The predicted molar refractivity (Wildman–Crippen MR) is 168 cm³/mol. The summed E-state index contributed by atoms with van der Waals surface area (Å²) in [5.74, 6) is -0.796. The van der Waals surface area contributed by atoms with Crippen LogP contribution >= 0.6 is 15.9 Å². The number of carbonyl (C=O) groups excluding carboxylic acids is 2. The first-order valence-corrected chi connectivity index (χ1v) is 14.4. The minimum absolute atomic E-state index is 0.202. The smallest absolute Gasteiger partial charge is 0.336 e. The number of fused-ring (bicyclic) bond motifs is 1. The van der Waals surface area contributed by atoms with E-state index >= 15 is 0 Å². The standard InChI is InChI=1S/C33H29BrN4O4/c1-2-22-8-15-27(16-9-22)38-32(41)28-17-10-24(31(40)35-19-18-23-6-4-3-5-7-23)20-29(28)37(33(38)42)21-30(39)36-26-13-11-25(34)12-14-26/h3-17,20H,2,18-19,21H2,1H3,(H,35,40)(H,36,39). The number of rotatable bonds is 9. The molecule has 0 aliphatic carbocycles. The van der Waals surface area contributed by atoms with Crippen LogP contribution in [0.5, 0.6) is 0 Å². The summed E-state index contributed by atoms with van der Waals surface area (Å²) in [6.07, 6.45) is 1.46. The molecule has 8 nitrogen and oxygen atoms in total. The zero-order valence-corrected chi connectivity index (χ0v) is 24.6. The molecule has 0 radical (unpaired) electrons. The van der Waals surface area contributed by atoms with E-state index in [0.717, 1.165) is 26.6 Å². The molecule has 5 aromatic rings. The Bertz CT molecular complexity index is 1860. The highest BCUT2D eigenvalue weighted by molar-refractivity contribution is 9.10. The van der Waals surface area contributed by atoms with Crippen LogP contribution in [0, 0.1) is 0 Å². The number of nitrogens with zero attached hydrogens (tertiary/aromatic N) is 2. The van der Waals surface area contributed by atoms with Gasteiger partial charge < -0.3 is 10.6 Å². The van der Waals surface area contributed by atoms with Gasteiger partial charge in [-0.05, 0) is 78.6 Å². The van der Waals surface area contributed by atoms with E-state index < -0.39 is 17.2 Å². The highest BCUT2D eigenvalue weighted by Crippen LogP contribution is 2.17. The Hall–Kier alpha value is -4.76. The van der Waals surface area contributed by atoms with Gasteiger partial charge in [0.15, 0.2) is 0 Å². The molecule has 0 atom stereocenters. The Morgan fingerprint density at radius 3 is 2.24 bits per heavy atom. The summed E-state index contributed by atoms with van der Waals surface area (Å²) in [6, 6.07) is 28.6.